The van der Waals surface area contributed by atoms with Crippen molar-refractivity contribution in [2.75, 3.05) is 25.3 Å². The summed E-state index contributed by atoms with van der Waals surface area (Å²) < 4.78 is 10.7. The third kappa shape index (κ3) is 5.41. The maximum absolute atomic E-state index is 12.2. The fraction of sp³-hybridized carbons (Fsp3) is 0.200. The van der Waals surface area contributed by atoms with Gasteiger partial charge < -0.3 is 14.8 Å². The van der Waals surface area contributed by atoms with E-state index in [1.54, 1.807) is 14.2 Å². The van der Waals surface area contributed by atoms with Crippen LogP contribution in [0.4, 0.5) is 5.13 Å². The molecule has 0 aliphatic carbocycles. The quantitative estimate of drug-likeness (QED) is 0.517. The van der Waals surface area contributed by atoms with Gasteiger partial charge in [0.2, 0.25) is 5.91 Å². The summed E-state index contributed by atoms with van der Waals surface area (Å²) in [4.78, 5) is 16.7. The van der Waals surface area contributed by atoms with Crippen LogP contribution in [0.5, 0.6) is 11.5 Å². The van der Waals surface area contributed by atoms with Gasteiger partial charge in [0.05, 0.1) is 25.7 Å². The Labute approximate surface area is 177 Å². The van der Waals surface area contributed by atoms with Crippen molar-refractivity contribution in [2.24, 2.45) is 0 Å². The summed E-state index contributed by atoms with van der Waals surface area (Å²) in [5.74, 6) is 2.38. The summed E-state index contributed by atoms with van der Waals surface area (Å²) in [5.41, 5.74) is 2.63. The van der Waals surface area contributed by atoms with Gasteiger partial charge in [0.25, 0.3) is 0 Å². The molecule has 0 radical (unpaired) electrons. The second-order valence-electron chi connectivity index (χ2n) is 5.78. The SMILES string of the molecule is COc1ccc(OC)c(-c2csc(NC(=O)CSCc3cccc(Cl)c3)n2)c1. The highest BCUT2D eigenvalue weighted by atomic mass is 35.5. The molecule has 1 aromatic heterocycles. The number of hydrogen-bond acceptors (Lipinski definition) is 6. The largest absolute Gasteiger partial charge is 0.497 e. The number of nitrogens with one attached hydrogen (secondary N) is 1. The van der Waals surface area contributed by atoms with E-state index < -0.39 is 0 Å². The zero-order chi connectivity index (χ0) is 19.9. The maximum Gasteiger partial charge on any atom is 0.236 e. The molecule has 0 unspecified atom stereocenters. The first kappa shape index (κ1) is 20.5. The van der Waals surface area contributed by atoms with Crippen molar-refractivity contribution in [3.05, 3.63) is 58.4 Å². The summed E-state index contributed by atoms with van der Waals surface area (Å²) in [6.45, 7) is 0. The monoisotopic (exact) mass is 434 g/mol. The van der Waals surface area contributed by atoms with Gasteiger partial charge >= 0.3 is 0 Å². The molecule has 0 spiro atoms. The topological polar surface area (TPSA) is 60.5 Å². The van der Waals surface area contributed by atoms with Crippen LogP contribution in [0.1, 0.15) is 5.56 Å². The number of carbonyl (C=O) groups excluding carboxylic acids is 1. The Morgan fingerprint density at radius 2 is 2.07 bits per heavy atom. The van der Waals surface area contributed by atoms with E-state index >= 15 is 0 Å². The fourth-order valence-corrected chi connectivity index (χ4v) is 4.23. The molecule has 0 atom stereocenters. The number of thioether (sulfide) groups is 1. The van der Waals surface area contributed by atoms with Crippen LogP contribution in [0.2, 0.25) is 5.02 Å². The van der Waals surface area contributed by atoms with Crippen molar-refractivity contribution in [2.45, 2.75) is 5.75 Å². The molecule has 0 aliphatic rings. The van der Waals surface area contributed by atoms with Gasteiger partial charge in [0.15, 0.2) is 5.13 Å². The van der Waals surface area contributed by atoms with Crippen LogP contribution in [0, 0.1) is 0 Å². The average Bonchev–Trinajstić information content (AvgIpc) is 3.15. The van der Waals surface area contributed by atoms with Crippen LogP contribution in [0.25, 0.3) is 11.3 Å². The van der Waals surface area contributed by atoms with Crippen LogP contribution in [-0.2, 0) is 10.5 Å². The molecule has 0 saturated heterocycles. The average molecular weight is 435 g/mol. The highest BCUT2D eigenvalue weighted by molar-refractivity contribution is 7.99. The van der Waals surface area contributed by atoms with Crippen LogP contribution in [-0.4, -0.2) is 30.9 Å². The Morgan fingerprint density at radius 1 is 1.21 bits per heavy atom. The Bertz CT molecular complexity index is 962. The predicted molar refractivity (Wildman–Crippen MR) is 117 cm³/mol. The second kappa shape index (κ2) is 9.82. The third-order valence-electron chi connectivity index (χ3n) is 3.82. The predicted octanol–water partition coefficient (Wildman–Crippen LogP) is 5.35. The third-order valence-corrected chi connectivity index (χ3v) is 5.82. The van der Waals surface area contributed by atoms with Gasteiger partial charge in [-0.3, -0.25) is 4.79 Å². The number of benzene rings is 2. The molecule has 5 nitrogen and oxygen atoms in total. The Balaban J connectivity index is 1.59. The van der Waals surface area contributed by atoms with Crippen molar-refractivity contribution in [1.82, 2.24) is 4.98 Å². The summed E-state index contributed by atoms with van der Waals surface area (Å²) in [7, 11) is 3.22. The minimum Gasteiger partial charge on any atom is -0.497 e. The standard InChI is InChI=1S/C20H19ClN2O3S2/c1-25-15-6-7-18(26-2)16(9-15)17-11-28-20(22-17)23-19(24)12-27-10-13-4-3-5-14(21)8-13/h3-9,11H,10,12H2,1-2H3,(H,22,23,24). The number of halogens is 1. The van der Waals surface area contributed by atoms with E-state index in [9.17, 15) is 4.79 Å². The number of anilines is 1. The minimum atomic E-state index is -0.0921. The number of rotatable bonds is 8. The Morgan fingerprint density at radius 3 is 2.82 bits per heavy atom. The van der Waals surface area contributed by atoms with Gasteiger partial charge in [-0.25, -0.2) is 4.98 Å². The summed E-state index contributed by atoms with van der Waals surface area (Å²) in [6, 6.07) is 13.2. The highest BCUT2D eigenvalue weighted by Gasteiger charge is 2.13. The smallest absolute Gasteiger partial charge is 0.236 e. The Kier molecular flexibility index (Phi) is 7.19. The normalized spacial score (nSPS) is 10.5. The number of ether oxygens (including phenoxy) is 2. The van der Waals surface area contributed by atoms with Gasteiger partial charge in [-0.2, -0.15) is 0 Å². The zero-order valence-corrected chi connectivity index (χ0v) is 17.8. The molecule has 3 rings (SSSR count). The molecule has 1 N–H and O–H groups in total. The molecular formula is C20H19ClN2O3S2. The molecule has 1 amide bonds. The number of hydrogen-bond donors (Lipinski definition) is 1. The van der Waals surface area contributed by atoms with Crippen molar-refractivity contribution in [1.29, 1.82) is 0 Å². The van der Waals surface area contributed by atoms with E-state index in [0.29, 0.717) is 27.4 Å². The molecule has 146 valence electrons. The number of carbonyl (C=O) groups is 1. The lowest BCUT2D eigenvalue weighted by Crippen LogP contribution is -2.14. The second-order valence-corrected chi connectivity index (χ2v) is 8.06. The summed E-state index contributed by atoms with van der Waals surface area (Å²) >= 11 is 8.87. The van der Waals surface area contributed by atoms with E-state index in [0.717, 1.165) is 22.6 Å². The van der Waals surface area contributed by atoms with E-state index in [1.165, 1.54) is 23.1 Å². The molecule has 0 saturated carbocycles. The molecule has 8 heteroatoms. The molecule has 0 aliphatic heterocycles. The number of thiazole rings is 1. The van der Waals surface area contributed by atoms with Crippen molar-refractivity contribution < 1.29 is 14.3 Å². The lowest BCUT2D eigenvalue weighted by molar-refractivity contribution is -0.113. The van der Waals surface area contributed by atoms with Crippen LogP contribution >= 0.6 is 34.7 Å². The molecule has 1 heterocycles. The van der Waals surface area contributed by atoms with Gasteiger partial charge in [-0.15, -0.1) is 23.1 Å². The highest BCUT2D eigenvalue weighted by Crippen LogP contribution is 2.35. The van der Waals surface area contributed by atoms with E-state index in [4.69, 9.17) is 21.1 Å². The van der Waals surface area contributed by atoms with Crippen molar-refractivity contribution in [3.8, 4) is 22.8 Å². The lowest BCUT2D eigenvalue weighted by Gasteiger charge is -2.08. The molecule has 0 fully saturated rings. The maximum atomic E-state index is 12.2. The van der Waals surface area contributed by atoms with E-state index in [-0.39, 0.29) is 5.91 Å². The van der Waals surface area contributed by atoms with Gasteiger partial charge in [-0.1, -0.05) is 23.7 Å². The summed E-state index contributed by atoms with van der Waals surface area (Å²) in [6.07, 6.45) is 0. The first-order valence-electron chi connectivity index (χ1n) is 8.39. The first-order valence-corrected chi connectivity index (χ1v) is 10.8. The van der Waals surface area contributed by atoms with Crippen molar-refractivity contribution in [3.63, 3.8) is 0 Å². The molecule has 28 heavy (non-hydrogen) atoms. The zero-order valence-electron chi connectivity index (χ0n) is 15.4. The summed E-state index contributed by atoms with van der Waals surface area (Å²) in [5, 5.41) is 5.98. The lowest BCUT2D eigenvalue weighted by atomic mass is 10.1. The van der Waals surface area contributed by atoms with Gasteiger partial charge in [-0.05, 0) is 35.9 Å². The van der Waals surface area contributed by atoms with E-state index in [1.807, 2.05) is 47.8 Å². The number of aromatic nitrogens is 1. The van der Waals surface area contributed by atoms with Gasteiger partial charge in [0.1, 0.15) is 11.5 Å². The van der Waals surface area contributed by atoms with Crippen LogP contribution < -0.4 is 14.8 Å². The molecule has 0 bridgehead atoms. The van der Waals surface area contributed by atoms with Crippen LogP contribution in [0.15, 0.2) is 47.8 Å². The fourth-order valence-electron chi connectivity index (χ4n) is 2.51. The van der Waals surface area contributed by atoms with Crippen molar-refractivity contribution >= 4 is 45.7 Å². The first-order chi connectivity index (χ1) is 13.6. The Hall–Kier alpha value is -2.22. The number of amides is 1. The van der Waals surface area contributed by atoms with E-state index in [2.05, 4.69) is 10.3 Å². The molecule has 3 aromatic rings. The molecular weight excluding hydrogens is 416 g/mol. The minimum absolute atomic E-state index is 0.0921. The number of methoxy groups -OCH3 is 2. The van der Waals surface area contributed by atoms with Gasteiger partial charge in [0, 0.05) is 21.7 Å². The molecule has 2 aromatic carbocycles. The number of nitrogens with zero attached hydrogens (tertiary/aromatic N) is 1. The van der Waals surface area contributed by atoms with Crippen LogP contribution in [0.3, 0.4) is 0 Å².